The van der Waals surface area contributed by atoms with E-state index < -0.39 is 22.7 Å². The molecule has 1 aliphatic heterocycles. The third-order valence-corrected chi connectivity index (χ3v) is 5.87. The highest BCUT2D eigenvalue weighted by Gasteiger charge is 2.25. The number of hydrogen-bond donors (Lipinski definition) is 2. The van der Waals surface area contributed by atoms with Crippen molar-refractivity contribution < 1.29 is 18.9 Å². The Morgan fingerprint density at radius 3 is 2.47 bits per heavy atom. The Morgan fingerprint density at radius 1 is 1.22 bits per heavy atom. The minimum absolute atomic E-state index is 0.0370. The van der Waals surface area contributed by atoms with Crippen LogP contribution in [-0.4, -0.2) is 36.4 Å². The predicted octanol–water partition coefficient (Wildman–Crippen LogP) is 3.04. The number of benzene rings is 2. The number of carbonyl (C=O) groups excluding carboxylic acids is 2. The van der Waals surface area contributed by atoms with E-state index >= 15 is 0 Å². The summed E-state index contributed by atoms with van der Waals surface area (Å²) in [6.45, 7) is 3.65. The van der Waals surface area contributed by atoms with Crippen LogP contribution in [0.25, 0.3) is 0 Å². The SMILES string of the molecule is CC1CCN(c2ccc([N+](=O)[O-])cc2C(=O)NCC(Cc2ccc(F)cc2)C(N)=O)CC1. The molecule has 8 nitrogen and oxygen atoms in total. The van der Waals surface area contributed by atoms with E-state index in [2.05, 4.69) is 17.1 Å². The van der Waals surface area contributed by atoms with Crippen LogP contribution >= 0.6 is 0 Å². The van der Waals surface area contributed by atoms with Crippen LogP contribution < -0.4 is 16.0 Å². The number of nitrogens with two attached hydrogens (primary N) is 1. The van der Waals surface area contributed by atoms with E-state index in [4.69, 9.17) is 5.73 Å². The van der Waals surface area contributed by atoms with Crippen LogP contribution in [0.4, 0.5) is 15.8 Å². The Balaban J connectivity index is 1.77. The number of carbonyl (C=O) groups is 2. The first-order chi connectivity index (χ1) is 15.2. The van der Waals surface area contributed by atoms with Gasteiger partial charge in [0.15, 0.2) is 0 Å². The lowest BCUT2D eigenvalue weighted by atomic mass is 9.97. The largest absolute Gasteiger partial charge is 0.371 e. The van der Waals surface area contributed by atoms with Crippen LogP contribution in [0.5, 0.6) is 0 Å². The zero-order valence-electron chi connectivity index (χ0n) is 17.9. The van der Waals surface area contributed by atoms with Crippen molar-refractivity contribution in [2.45, 2.75) is 26.2 Å². The van der Waals surface area contributed by atoms with Crippen LogP contribution in [0.2, 0.25) is 0 Å². The van der Waals surface area contributed by atoms with Crippen molar-refractivity contribution >= 4 is 23.2 Å². The number of rotatable bonds is 8. The van der Waals surface area contributed by atoms with Gasteiger partial charge >= 0.3 is 0 Å². The smallest absolute Gasteiger partial charge is 0.270 e. The second kappa shape index (κ2) is 10.2. The average Bonchev–Trinajstić information content (AvgIpc) is 2.77. The first-order valence-corrected chi connectivity index (χ1v) is 10.6. The predicted molar refractivity (Wildman–Crippen MR) is 119 cm³/mol. The first-order valence-electron chi connectivity index (χ1n) is 10.6. The van der Waals surface area contributed by atoms with E-state index in [1.807, 2.05) is 0 Å². The summed E-state index contributed by atoms with van der Waals surface area (Å²) in [6.07, 6.45) is 2.18. The minimum atomic E-state index is -0.706. The number of nitrogens with one attached hydrogen (secondary N) is 1. The number of anilines is 1. The van der Waals surface area contributed by atoms with Gasteiger partial charge in [-0.1, -0.05) is 19.1 Å². The van der Waals surface area contributed by atoms with E-state index in [-0.39, 0.29) is 30.0 Å². The molecule has 0 radical (unpaired) electrons. The summed E-state index contributed by atoms with van der Waals surface area (Å²) in [4.78, 5) is 37.7. The molecule has 1 heterocycles. The van der Waals surface area contributed by atoms with Gasteiger partial charge in [0.2, 0.25) is 5.91 Å². The fourth-order valence-corrected chi connectivity index (χ4v) is 3.83. The Morgan fingerprint density at radius 2 is 1.88 bits per heavy atom. The highest BCUT2D eigenvalue weighted by atomic mass is 19.1. The zero-order chi connectivity index (χ0) is 23.3. The normalized spacial score (nSPS) is 15.2. The van der Waals surface area contributed by atoms with Gasteiger partial charge in [-0.15, -0.1) is 0 Å². The van der Waals surface area contributed by atoms with Crippen molar-refractivity contribution in [1.82, 2.24) is 5.32 Å². The Labute approximate surface area is 185 Å². The number of hydrogen-bond acceptors (Lipinski definition) is 5. The first kappa shape index (κ1) is 23.2. The van der Waals surface area contributed by atoms with E-state index in [0.29, 0.717) is 17.2 Å². The number of halogens is 1. The molecular formula is C23H27FN4O4. The van der Waals surface area contributed by atoms with Crippen molar-refractivity contribution in [3.05, 3.63) is 69.5 Å². The molecule has 2 aromatic carbocycles. The van der Waals surface area contributed by atoms with Crippen LogP contribution in [0, 0.1) is 27.8 Å². The molecule has 170 valence electrons. The summed E-state index contributed by atoms with van der Waals surface area (Å²) < 4.78 is 13.1. The number of primary amides is 1. The van der Waals surface area contributed by atoms with E-state index in [9.17, 15) is 24.1 Å². The van der Waals surface area contributed by atoms with Gasteiger partial charge < -0.3 is 16.0 Å². The quantitative estimate of drug-likeness (QED) is 0.481. The maximum Gasteiger partial charge on any atom is 0.270 e. The number of nitro groups is 1. The third kappa shape index (κ3) is 5.81. The number of nitro benzene ring substituents is 1. The second-order valence-electron chi connectivity index (χ2n) is 8.27. The molecule has 0 spiro atoms. The number of piperidine rings is 1. The lowest BCUT2D eigenvalue weighted by molar-refractivity contribution is -0.384. The number of non-ortho nitro benzene ring substituents is 1. The average molecular weight is 442 g/mol. The molecule has 0 aliphatic carbocycles. The monoisotopic (exact) mass is 442 g/mol. The van der Waals surface area contributed by atoms with Crippen LogP contribution in [0.3, 0.4) is 0 Å². The highest BCUT2D eigenvalue weighted by molar-refractivity contribution is 6.00. The van der Waals surface area contributed by atoms with Crippen LogP contribution in [0.1, 0.15) is 35.7 Å². The molecule has 0 aromatic heterocycles. The minimum Gasteiger partial charge on any atom is -0.371 e. The van der Waals surface area contributed by atoms with Crippen LogP contribution in [0.15, 0.2) is 42.5 Å². The zero-order valence-corrected chi connectivity index (χ0v) is 17.9. The molecule has 0 bridgehead atoms. The summed E-state index contributed by atoms with van der Waals surface area (Å²) in [6, 6.07) is 9.97. The van der Waals surface area contributed by atoms with Crippen molar-refractivity contribution in [2.24, 2.45) is 17.6 Å². The molecule has 2 aromatic rings. The van der Waals surface area contributed by atoms with Gasteiger partial charge in [0.05, 0.1) is 22.1 Å². The molecule has 1 fully saturated rings. The maximum absolute atomic E-state index is 13.1. The van der Waals surface area contributed by atoms with E-state index in [1.165, 1.54) is 24.3 Å². The van der Waals surface area contributed by atoms with E-state index in [0.717, 1.165) is 25.9 Å². The van der Waals surface area contributed by atoms with E-state index in [1.54, 1.807) is 18.2 Å². The topological polar surface area (TPSA) is 119 Å². The van der Waals surface area contributed by atoms with Gasteiger partial charge in [-0.25, -0.2) is 4.39 Å². The molecule has 1 saturated heterocycles. The van der Waals surface area contributed by atoms with Gasteiger partial charge in [-0.3, -0.25) is 19.7 Å². The lowest BCUT2D eigenvalue weighted by Gasteiger charge is -2.33. The fraction of sp³-hybridized carbons (Fsp3) is 0.391. The van der Waals surface area contributed by atoms with Crippen molar-refractivity contribution in [3.8, 4) is 0 Å². The molecule has 1 unspecified atom stereocenters. The third-order valence-electron chi connectivity index (χ3n) is 5.87. The number of nitrogens with zero attached hydrogens (tertiary/aromatic N) is 2. The lowest BCUT2D eigenvalue weighted by Crippen LogP contribution is -2.38. The van der Waals surface area contributed by atoms with Crippen molar-refractivity contribution in [3.63, 3.8) is 0 Å². The molecule has 0 saturated carbocycles. The molecule has 1 aliphatic rings. The molecule has 3 N–H and O–H groups in total. The van der Waals surface area contributed by atoms with Gasteiger partial charge in [0, 0.05) is 31.8 Å². The fourth-order valence-electron chi connectivity index (χ4n) is 3.83. The van der Waals surface area contributed by atoms with Gasteiger partial charge in [0.1, 0.15) is 5.82 Å². The standard InChI is InChI=1S/C23H27FN4O4/c1-15-8-10-27(11-9-15)21-7-6-19(28(31)32)13-20(21)23(30)26-14-17(22(25)29)12-16-2-4-18(24)5-3-16/h2-7,13,15,17H,8-12,14H2,1H3,(H2,25,29)(H,26,30). The molecular weight excluding hydrogens is 415 g/mol. The van der Waals surface area contributed by atoms with Gasteiger partial charge in [0.25, 0.3) is 11.6 Å². The van der Waals surface area contributed by atoms with Crippen LogP contribution in [-0.2, 0) is 11.2 Å². The van der Waals surface area contributed by atoms with Gasteiger partial charge in [-0.2, -0.15) is 0 Å². The maximum atomic E-state index is 13.1. The molecule has 32 heavy (non-hydrogen) atoms. The second-order valence-corrected chi connectivity index (χ2v) is 8.27. The van der Waals surface area contributed by atoms with Gasteiger partial charge in [-0.05, 0) is 48.9 Å². The molecule has 9 heteroatoms. The summed E-state index contributed by atoms with van der Waals surface area (Å²) in [5.74, 6) is -1.61. The summed E-state index contributed by atoms with van der Waals surface area (Å²) in [5, 5.41) is 14.0. The molecule has 3 rings (SSSR count). The van der Waals surface area contributed by atoms with Crippen molar-refractivity contribution in [2.75, 3.05) is 24.5 Å². The summed E-state index contributed by atoms with van der Waals surface area (Å²) in [5.41, 5.74) is 6.86. The number of amides is 2. The summed E-state index contributed by atoms with van der Waals surface area (Å²) >= 11 is 0. The summed E-state index contributed by atoms with van der Waals surface area (Å²) in [7, 11) is 0. The Kier molecular flexibility index (Phi) is 7.40. The molecule has 2 amide bonds. The molecule has 1 atom stereocenters. The van der Waals surface area contributed by atoms with Crippen molar-refractivity contribution in [1.29, 1.82) is 0 Å². The highest BCUT2D eigenvalue weighted by Crippen LogP contribution is 2.29. The Hall–Kier alpha value is -3.49. The Bertz CT molecular complexity index is 988.